The molecule has 1 aliphatic carbocycles. The molecule has 5 rings (SSSR count). The van der Waals surface area contributed by atoms with E-state index in [1.807, 2.05) is 19.2 Å². The molecule has 0 spiro atoms. The smallest absolute Gasteiger partial charge is 0.257 e. The molecule has 9 heteroatoms. The fourth-order valence-electron chi connectivity index (χ4n) is 6.79. The molecule has 0 unspecified atom stereocenters. The number of fused-ring (bicyclic) bond motifs is 1. The van der Waals surface area contributed by atoms with Gasteiger partial charge in [-0.05, 0) is 86.5 Å². The number of carbonyl (C=O) groups is 1. The molecule has 2 heterocycles. The predicted octanol–water partition coefficient (Wildman–Crippen LogP) is 6.91. The Balaban J connectivity index is 1.38. The second-order valence-corrected chi connectivity index (χ2v) is 12.4. The minimum Gasteiger partial charge on any atom is -0.494 e. The highest BCUT2D eigenvalue weighted by atomic mass is 16.5. The van der Waals surface area contributed by atoms with Gasteiger partial charge < -0.3 is 34.5 Å². The van der Waals surface area contributed by atoms with Crippen molar-refractivity contribution in [2.45, 2.75) is 60.1 Å². The Morgan fingerprint density at radius 3 is 2.34 bits per heavy atom. The summed E-state index contributed by atoms with van der Waals surface area (Å²) in [6, 6.07) is 12.5. The van der Waals surface area contributed by atoms with Crippen molar-refractivity contribution in [1.29, 1.82) is 0 Å². The monoisotopic (exact) mass is 638 g/mol. The van der Waals surface area contributed by atoms with Gasteiger partial charge in [0.1, 0.15) is 18.3 Å². The van der Waals surface area contributed by atoms with Gasteiger partial charge in [0.25, 0.3) is 5.91 Å². The number of likely N-dealkylation sites (N-methyl/N-ethyl adjacent to an activating group) is 1. The minimum absolute atomic E-state index is 0.0701. The van der Waals surface area contributed by atoms with Gasteiger partial charge in [0.05, 0.1) is 24.1 Å². The number of aromatic nitrogens is 1. The van der Waals surface area contributed by atoms with Crippen molar-refractivity contribution in [2.75, 3.05) is 63.0 Å². The van der Waals surface area contributed by atoms with Gasteiger partial charge in [-0.2, -0.15) is 0 Å². The van der Waals surface area contributed by atoms with Crippen molar-refractivity contribution in [3.05, 3.63) is 88.0 Å². The molecule has 1 fully saturated rings. The van der Waals surface area contributed by atoms with E-state index >= 15 is 0 Å². The van der Waals surface area contributed by atoms with Crippen LogP contribution in [0.1, 0.15) is 65.6 Å². The van der Waals surface area contributed by atoms with Crippen LogP contribution in [-0.2, 0) is 30.7 Å². The number of anilines is 3. The normalized spacial score (nSPS) is 15.3. The van der Waals surface area contributed by atoms with E-state index in [1.54, 1.807) is 14.2 Å². The number of carbonyl (C=O) groups excluding carboxylic acids is 1. The number of piperazine rings is 1. The van der Waals surface area contributed by atoms with Crippen LogP contribution >= 0.6 is 0 Å². The molecule has 0 bridgehead atoms. The SMILES string of the molecule is C=C(/N=C\C1=C(C)c2c(c(C(=O)Nc3c(CC)cccc3CC)c(C)n2COC)CC1)Nc1ccc(N2CCN(C)CC2)cc1OC. The van der Waals surface area contributed by atoms with Gasteiger partial charge >= 0.3 is 0 Å². The summed E-state index contributed by atoms with van der Waals surface area (Å²) in [5.74, 6) is 1.20. The van der Waals surface area contributed by atoms with E-state index in [0.717, 1.165) is 119 Å². The number of nitrogens with one attached hydrogen (secondary N) is 2. The van der Waals surface area contributed by atoms with Crippen molar-refractivity contribution in [3.63, 3.8) is 0 Å². The van der Waals surface area contributed by atoms with E-state index < -0.39 is 0 Å². The number of para-hydroxylation sites is 1. The molecule has 9 nitrogen and oxygen atoms in total. The van der Waals surface area contributed by atoms with E-state index in [2.05, 4.69) is 89.7 Å². The number of nitrogens with zero attached hydrogens (tertiary/aromatic N) is 4. The number of hydrogen-bond acceptors (Lipinski definition) is 7. The molecular weight excluding hydrogens is 588 g/mol. The van der Waals surface area contributed by atoms with Crippen LogP contribution in [-0.4, -0.2) is 69.0 Å². The average molecular weight is 639 g/mol. The van der Waals surface area contributed by atoms with Crippen LogP contribution in [0.15, 0.2) is 59.4 Å². The van der Waals surface area contributed by atoms with Crippen LogP contribution in [0, 0.1) is 6.92 Å². The molecule has 2 aromatic carbocycles. The molecule has 250 valence electrons. The summed E-state index contributed by atoms with van der Waals surface area (Å²) in [6.45, 7) is 17.0. The summed E-state index contributed by atoms with van der Waals surface area (Å²) in [4.78, 5) is 23.4. The first kappa shape index (κ1) is 34.0. The highest BCUT2D eigenvalue weighted by Gasteiger charge is 2.30. The fourth-order valence-corrected chi connectivity index (χ4v) is 6.79. The maximum atomic E-state index is 14.0. The zero-order valence-corrected chi connectivity index (χ0v) is 29.1. The Labute approximate surface area is 280 Å². The topological polar surface area (TPSA) is 83.4 Å². The van der Waals surface area contributed by atoms with Gasteiger partial charge in [-0.15, -0.1) is 0 Å². The zero-order chi connectivity index (χ0) is 33.7. The fraction of sp³-hybridized carbons (Fsp3) is 0.421. The Hall–Kier alpha value is -4.34. The number of benzene rings is 2. The van der Waals surface area contributed by atoms with Gasteiger partial charge in [0.15, 0.2) is 0 Å². The molecule has 1 aliphatic heterocycles. The molecule has 3 aromatic rings. The van der Waals surface area contributed by atoms with Gasteiger partial charge in [-0.3, -0.25) is 4.79 Å². The summed E-state index contributed by atoms with van der Waals surface area (Å²) in [7, 11) is 5.53. The number of ether oxygens (including phenoxy) is 2. The number of rotatable bonds is 12. The molecular formula is C38H50N6O3. The molecule has 2 N–H and O–H groups in total. The largest absolute Gasteiger partial charge is 0.494 e. The second-order valence-electron chi connectivity index (χ2n) is 12.4. The Morgan fingerprint density at radius 2 is 1.70 bits per heavy atom. The summed E-state index contributed by atoms with van der Waals surface area (Å²) < 4.78 is 13.5. The van der Waals surface area contributed by atoms with Gasteiger partial charge in [0, 0.05) is 62.6 Å². The highest BCUT2D eigenvalue weighted by Crippen LogP contribution is 2.37. The standard InChI is InChI=1S/C38H50N6O3/c1-9-28-12-11-13-29(10-2)36(28)41-38(45)35-26(4)44(24-46-7)37-25(3)30(14-16-32(35)37)23-39-27(5)40-33-17-15-31(22-34(33)47-8)43-20-18-42(6)19-21-43/h11-13,15,17,22-23,40H,5,9-10,14,16,18-21,24H2,1-4,6-8H3,(H,41,45)/b39-23-. The average Bonchev–Trinajstić information content (AvgIpc) is 3.36. The van der Waals surface area contributed by atoms with Gasteiger partial charge in [-0.25, -0.2) is 4.99 Å². The molecule has 47 heavy (non-hydrogen) atoms. The maximum Gasteiger partial charge on any atom is 0.257 e. The molecule has 2 aliphatic rings. The Bertz CT molecular complexity index is 1670. The Morgan fingerprint density at radius 1 is 1.00 bits per heavy atom. The van der Waals surface area contributed by atoms with E-state index in [-0.39, 0.29) is 5.91 Å². The van der Waals surface area contributed by atoms with Crippen molar-refractivity contribution in [2.24, 2.45) is 4.99 Å². The van der Waals surface area contributed by atoms with Gasteiger partial charge in [0.2, 0.25) is 0 Å². The number of allylic oxidation sites excluding steroid dienone is 2. The van der Waals surface area contributed by atoms with E-state index in [0.29, 0.717) is 12.6 Å². The molecule has 1 saturated heterocycles. The minimum atomic E-state index is -0.0701. The maximum absolute atomic E-state index is 14.0. The van der Waals surface area contributed by atoms with Crippen LogP contribution in [0.4, 0.5) is 17.1 Å². The highest BCUT2D eigenvalue weighted by molar-refractivity contribution is 6.08. The third kappa shape index (κ3) is 7.16. The van der Waals surface area contributed by atoms with Crippen molar-refractivity contribution < 1.29 is 14.3 Å². The van der Waals surface area contributed by atoms with Crippen LogP contribution in [0.5, 0.6) is 5.75 Å². The molecule has 0 saturated carbocycles. The van der Waals surface area contributed by atoms with Crippen molar-refractivity contribution in [1.82, 2.24) is 9.47 Å². The number of aryl methyl sites for hydroxylation is 2. The van der Waals surface area contributed by atoms with Crippen LogP contribution in [0.3, 0.4) is 0 Å². The molecule has 0 radical (unpaired) electrons. The first-order chi connectivity index (χ1) is 22.7. The zero-order valence-electron chi connectivity index (χ0n) is 29.1. The third-order valence-corrected chi connectivity index (χ3v) is 9.54. The summed E-state index contributed by atoms with van der Waals surface area (Å²) in [5, 5.41) is 6.62. The summed E-state index contributed by atoms with van der Waals surface area (Å²) >= 11 is 0. The van der Waals surface area contributed by atoms with Crippen molar-refractivity contribution in [3.8, 4) is 5.75 Å². The second kappa shape index (κ2) is 15.0. The van der Waals surface area contributed by atoms with Crippen LogP contribution < -0.4 is 20.3 Å². The summed E-state index contributed by atoms with van der Waals surface area (Å²) in [5.41, 5.74) is 11.1. The van der Waals surface area contributed by atoms with Gasteiger partial charge in [-0.1, -0.05) is 38.6 Å². The van der Waals surface area contributed by atoms with E-state index in [1.165, 1.54) is 0 Å². The number of methoxy groups -OCH3 is 2. The molecule has 1 amide bonds. The number of hydrogen-bond donors (Lipinski definition) is 2. The van der Waals surface area contributed by atoms with E-state index in [9.17, 15) is 4.79 Å². The predicted molar refractivity (Wildman–Crippen MR) is 194 cm³/mol. The Kier molecular flexibility index (Phi) is 10.9. The van der Waals surface area contributed by atoms with Crippen molar-refractivity contribution >= 4 is 34.8 Å². The van der Waals surface area contributed by atoms with Crippen LogP contribution in [0.25, 0.3) is 5.57 Å². The third-order valence-electron chi connectivity index (χ3n) is 9.54. The molecule has 1 aromatic heterocycles. The lowest BCUT2D eigenvalue weighted by molar-refractivity contribution is 0.102. The summed E-state index contributed by atoms with van der Waals surface area (Å²) in [6.07, 6.45) is 5.09. The lowest BCUT2D eigenvalue weighted by Crippen LogP contribution is -2.44. The molecule has 0 atom stereocenters. The van der Waals surface area contributed by atoms with Crippen LogP contribution in [0.2, 0.25) is 0 Å². The first-order valence-electron chi connectivity index (χ1n) is 16.6. The first-order valence-corrected chi connectivity index (χ1v) is 16.6. The lowest BCUT2D eigenvalue weighted by atomic mass is 9.89. The quantitative estimate of drug-likeness (QED) is 0.210. The van der Waals surface area contributed by atoms with E-state index in [4.69, 9.17) is 14.5 Å². The number of amides is 1. The number of aliphatic imine (C=N–C) groups is 1. The lowest BCUT2D eigenvalue weighted by Gasteiger charge is -2.34.